The van der Waals surface area contributed by atoms with Crippen LogP contribution in [-0.2, 0) is 20.9 Å². The first-order chi connectivity index (χ1) is 13.9. The number of carboxylic acid groups (broad SMARTS) is 1. The smallest absolute Gasteiger partial charge is 0.336 e. The van der Waals surface area contributed by atoms with E-state index in [0.29, 0.717) is 29.3 Å². The summed E-state index contributed by atoms with van der Waals surface area (Å²) in [5, 5.41) is 9.90. The van der Waals surface area contributed by atoms with Gasteiger partial charge in [-0.25, -0.2) is 4.79 Å². The third-order valence-electron chi connectivity index (χ3n) is 4.99. The topological polar surface area (TPSA) is 85.2 Å². The van der Waals surface area contributed by atoms with Gasteiger partial charge in [-0.3, -0.25) is 9.79 Å². The Kier molecular flexibility index (Phi) is 6.12. The number of nitrogens with zero attached hydrogens (tertiary/aromatic N) is 1. The summed E-state index contributed by atoms with van der Waals surface area (Å²) in [6.45, 7) is 3.68. The molecule has 3 rings (SSSR count). The Bertz CT molecular complexity index is 978. The molecular weight excluding hydrogens is 370 g/mol. The van der Waals surface area contributed by atoms with Crippen LogP contribution in [0.5, 0.6) is 5.75 Å². The van der Waals surface area contributed by atoms with Crippen molar-refractivity contribution >= 4 is 17.7 Å². The Balaban J connectivity index is 2.07. The lowest BCUT2D eigenvalue weighted by molar-refractivity contribution is -0.140. The zero-order valence-corrected chi connectivity index (χ0v) is 16.6. The average molecular weight is 393 g/mol. The van der Waals surface area contributed by atoms with Crippen molar-refractivity contribution < 1.29 is 24.2 Å². The van der Waals surface area contributed by atoms with Gasteiger partial charge in [0.1, 0.15) is 18.3 Å². The van der Waals surface area contributed by atoms with Gasteiger partial charge in [0, 0.05) is 22.9 Å². The van der Waals surface area contributed by atoms with E-state index in [-0.39, 0.29) is 5.57 Å². The molecule has 0 saturated carbocycles. The van der Waals surface area contributed by atoms with Crippen LogP contribution in [0.25, 0.3) is 0 Å². The summed E-state index contributed by atoms with van der Waals surface area (Å²) in [5.41, 5.74) is 2.73. The second-order valence-electron chi connectivity index (χ2n) is 6.85. The third-order valence-corrected chi connectivity index (χ3v) is 4.99. The van der Waals surface area contributed by atoms with Crippen molar-refractivity contribution in [3.05, 3.63) is 77.0 Å². The molecule has 2 aromatic carbocycles. The SMILES string of the molecule is COC(=O)C1=C(C)N=C(C)C(C(=O)O)C1c1ccccc1OCc1ccccc1. The molecular formula is C23H23NO5. The monoisotopic (exact) mass is 393 g/mol. The molecule has 0 bridgehead atoms. The molecule has 0 saturated heterocycles. The number of hydrogen-bond donors (Lipinski definition) is 1. The number of ether oxygens (including phenoxy) is 2. The van der Waals surface area contributed by atoms with Crippen LogP contribution in [0.1, 0.15) is 30.9 Å². The van der Waals surface area contributed by atoms with E-state index >= 15 is 0 Å². The maximum atomic E-state index is 12.5. The highest BCUT2D eigenvalue weighted by molar-refractivity contribution is 6.06. The predicted molar refractivity (Wildman–Crippen MR) is 109 cm³/mol. The van der Waals surface area contributed by atoms with Gasteiger partial charge in [-0.05, 0) is 25.5 Å². The van der Waals surface area contributed by atoms with Crippen molar-refractivity contribution in [2.75, 3.05) is 7.11 Å². The van der Waals surface area contributed by atoms with E-state index < -0.39 is 23.8 Å². The van der Waals surface area contributed by atoms with Crippen molar-refractivity contribution in [2.45, 2.75) is 26.4 Å². The van der Waals surface area contributed by atoms with Crippen LogP contribution in [0.15, 0.2) is 70.9 Å². The van der Waals surface area contributed by atoms with Crippen LogP contribution in [0.3, 0.4) is 0 Å². The van der Waals surface area contributed by atoms with Gasteiger partial charge in [-0.2, -0.15) is 0 Å². The quantitative estimate of drug-likeness (QED) is 0.751. The average Bonchev–Trinajstić information content (AvgIpc) is 2.72. The number of para-hydroxylation sites is 1. The molecule has 2 unspecified atom stereocenters. The number of hydrogen-bond acceptors (Lipinski definition) is 5. The molecule has 2 atom stereocenters. The van der Waals surface area contributed by atoms with Gasteiger partial charge in [-0.1, -0.05) is 48.5 Å². The van der Waals surface area contributed by atoms with E-state index in [1.807, 2.05) is 36.4 Å². The van der Waals surface area contributed by atoms with Gasteiger partial charge in [0.25, 0.3) is 0 Å². The highest BCUT2D eigenvalue weighted by Crippen LogP contribution is 2.43. The van der Waals surface area contributed by atoms with Crippen LogP contribution >= 0.6 is 0 Å². The van der Waals surface area contributed by atoms with Gasteiger partial charge in [0.15, 0.2) is 0 Å². The number of esters is 1. The van der Waals surface area contributed by atoms with Crippen molar-refractivity contribution in [3.63, 3.8) is 0 Å². The molecule has 1 aliphatic heterocycles. The lowest BCUT2D eigenvalue weighted by Crippen LogP contribution is -2.35. The molecule has 29 heavy (non-hydrogen) atoms. The fourth-order valence-electron chi connectivity index (χ4n) is 3.67. The Morgan fingerprint density at radius 3 is 2.34 bits per heavy atom. The first-order valence-electron chi connectivity index (χ1n) is 9.26. The molecule has 150 valence electrons. The van der Waals surface area contributed by atoms with Crippen LogP contribution in [0.2, 0.25) is 0 Å². The van der Waals surface area contributed by atoms with Crippen molar-refractivity contribution in [1.82, 2.24) is 0 Å². The van der Waals surface area contributed by atoms with E-state index in [4.69, 9.17) is 9.47 Å². The Labute approximate surface area is 169 Å². The van der Waals surface area contributed by atoms with E-state index in [9.17, 15) is 14.7 Å². The summed E-state index contributed by atoms with van der Waals surface area (Å²) in [4.78, 5) is 29.0. The van der Waals surface area contributed by atoms with Gasteiger partial charge in [0.2, 0.25) is 0 Å². The summed E-state index contributed by atoms with van der Waals surface area (Å²) in [6.07, 6.45) is 0. The van der Waals surface area contributed by atoms with Gasteiger partial charge >= 0.3 is 11.9 Å². The molecule has 0 amide bonds. The zero-order chi connectivity index (χ0) is 21.0. The van der Waals surface area contributed by atoms with Crippen LogP contribution in [-0.4, -0.2) is 29.9 Å². The lowest BCUT2D eigenvalue weighted by atomic mass is 9.75. The van der Waals surface area contributed by atoms with Gasteiger partial charge in [-0.15, -0.1) is 0 Å². The number of carbonyl (C=O) groups excluding carboxylic acids is 1. The largest absolute Gasteiger partial charge is 0.489 e. The normalized spacial score (nSPS) is 18.8. The molecule has 0 aromatic heterocycles. The minimum absolute atomic E-state index is 0.237. The highest BCUT2D eigenvalue weighted by atomic mass is 16.5. The van der Waals surface area contributed by atoms with Crippen molar-refractivity contribution in [3.8, 4) is 5.75 Å². The molecule has 1 heterocycles. The first-order valence-corrected chi connectivity index (χ1v) is 9.26. The molecule has 6 heteroatoms. The molecule has 2 aromatic rings. The van der Waals surface area contributed by atoms with Gasteiger partial charge in [0.05, 0.1) is 12.7 Å². The number of benzene rings is 2. The Morgan fingerprint density at radius 2 is 1.69 bits per heavy atom. The number of allylic oxidation sites excluding steroid dienone is 1. The highest BCUT2D eigenvalue weighted by Gasteiger charge is 2.42. The summed E-state index contributed by atoms with van der Waals surface area (Å²) >= 11 is 0. The third kappa shape index (κ3) is 4.21. The van der Waals surface area contributed by atoms with E-state index in [1.54, 1.807) is 32.0 Å². The second-order valence-corrected chi connectivity index (χ2v) is 6.85. The minimum Gasteiger partial charge on any atom is -0.489 e. The first kappa shape index (κ1) is 20.3. The summed E-state index contributed by atoms with van der Waals surface area (Å²) in [6, 6.07) is 16.9. The predicted octanol–water partition coefficient (Wildman–Crippen LogP) is 3.97. The number of rotatable bonds is 6. The molecule has 6 nitrogen and oxygen atoms in total. The number of aliphatic carboxylic acids is 1. The zero-order valence-electron chi connectivity index (χ0n) is 16.6. The van der Waals surface area contributed by atoms with Crippen LogP contribution in [0.4, 0.5) is 0 Å². The molecule has 1 N–H and O–H groups in total. The fourth-order valence-corrected chi connectivity index (χ4v) is 3.67. The second kappa shape index (κ2) is 8.73. The number of methoxy groups -OCH3 is 1. The lowest BCUT2D eigenvalue weighted by Gasteiger charge is -2.31. The minimum atomic E-state index is -1.05. The Morgan fingerprint density at radius 1 is 1.03 bits per heavy atom. The molecule has 0 fully saturated rings. The van der Waals surface area contributed by atoms with E-state index in [2.05, 4.69) is 4.99 Å². The molecule has 0 spiro atoms. The summed E-state index contributed by atoms with van der Waals surface area (Å²) < 4.78 is 11.0. The standard InChI is InChI=1S/C23H23NO5/c1-14-19(22(25)26)21(20(15(2)24-14)23(27)28-3)17-11-7-8-12-18(17)29-13-16-9-5-4-6-10-16/h4-12,19,21H,13H2,1-3H3,(H,25,26). The summed E-state index contributed by atoms with van der Waals surface area (Å²) in [7, 11) is 1.28. The van der Waals surface area contributed by atoms with E-state index in [1.165, 1.54) is 7.11 Å². The molecule has 1 aliphatic rings. The van der Waals surface area contributed by atoms with Gasteiger partial charge < -0.3 is 14.6 Å². The van der Waals surface area contributed by atoms with Crippen LogP contribution in [0, 0.1) is 5.92 Å². The summed E-state index contributed by atoms with van der Waals surface area (Å²) in [5.74, 6) is -2.87. The number of aliphatic imine (C=N–C) groups is 1. The molecule has 0 aliphatic carbocycles. The van der Waals surface area contributed by atoms with Crippen molar-refractivity contribution in [1.29, 1.82) is 0 Å². The van der Waals surface area contributed by atoms with Crippen molar-refractivity contribution in [2.24, 2.45) is 10.9 Å². The van der Waals surface area contributed by atoms with E-state index in [0.717, 1.165) is 5.56 Å². The van der Waals surface area contributed by atoms with Crippen LogP contribution < -0.4 is 4.74 Å². The maximum Gasteiger partial charge on any atom is 0.336 e. The fraction of sp³-hybridized carbons (Fsp3) is 0.261. The number of carbonyl (C=O) groups is 2. The molecule has 0 radical (unpaired) electrons. The Hall–Kier alpha value is -3.41. The number of carboxylic acids is 1. The maximum absolute atomic E-state index is 12.5.